The first-order chi connectivity index (χ1) is 23.2. The number of hydrogen-bond donors (Lipinski definition) is 1. The molecular formula is C43H48O6. The Morgan fingerprint density at radius 2 is 1.00 bits per heavy atom. The van der Waals surface area contributed by atoms with Crippen molar-refractivity contribution in [1.29, 1.82) is 0 Å². The molecule has 0 amide bonds. The van der Waals surface area contributed by atoms with E-state index in [1.165, 1.54) is 23.3 Å². The van der Waals surface area contributed by atoms with Crippen molar-refractivity contribution in [2.75, 3.05) is 14.2 Å². The Balaban J connectivity index is 1.32. The van der Waals surface area contributed by atoms with Crippen LogP contribution in [0, 0.1) is 0 Å². The molecule has 1 N–H and O–H groups in total. The second kappa shape index (κ2) is 16.2. The molecule has 4 rings (SSSR count). The lowest BCUT2D eigenvalue weighted by molar-refractivity contribution is -0.110. The summed E-state index contributed by atoms with van der Waals surface area (Å²) in [5.41, 5.74) is 6.38. The molecule has 0 aliphatic heterocycles. The van der Waals surface area contributed by atoms with Crippen molar-refractivity contribution in [3.8, 4) is 23.0 Å². The van der Waals surface area contributed by atoms with E-state index in [0.717, 1.165) is 28.3 Å². The first-order valence-electron chi connectivity index (χ1n) is 16.4. The van der Waals surface area contributed by atoms with Crippen LogP contribution < -0.4 is 18.9 Å². The van der Waals surface area contributed by atoms with E-state index < -0.39 is 0 Å². The number of ether oxygens (including phenoxy) is 4. The number of carbonyl (C=O) groups excluding carboxylic acids is 1. The van der Waals surface area contributed by atoms with Crippen molar-refractivity contribution in [2.45, 2.75) is 65.6 Å². The average Bonchev–Trinajstić information content (AvgIpc) is 3.07. The third kappa shape index (κ3) is 10.9. The molecule has 0 bridgehead atoms. The van der Waals surface area contributed by atoms with Gasteiger partial charge in [-0.05, 0) is 80.6 Å². The van der Waals surface area contributed by atoms with E-state index in [2.05, 4.69) is 90.1 Å². The second-order valence-electron chi connectivity index (χ2n) is 13.9. The molecule has 6 nitrogen and oxygen atoms in total. The molecule has 49 heavy (non-hydrogen) atoms. The number of allylic oxidation sites excluding steroid dienone is 3. The van der Waals surface area contributed by atoms with Gasteiger partial charge in [0, 0.05) is 6.08 Å². The number of aliphatic hydroxyl groups is 1. The minimum atomic E-state index is -0.364. The molecule has 0 fully saturated rings. The zero-order valence-electron chi connectivity index (χ0n) is 29.9. The van der Waals surface area contributed by atoms with Crippen LogP contribution in [0.3, 0.4) is 0 Å². The summed E-state index contributed by atoms with van der Waals surface area (Å²) in [6.45, 7) is 13.9. The normalized spacial score (nSPS) is 12.4. The van der Waals surface area contributed by atoms with Crippen molar-refractivity contribution in [2.24, 2.45) is 0 Å². The molecule has 0 aromatic heterocycles. The van der Waals surface area contributed by atoms with Crippen LogP contribution >= 0.6 is 0 Å². The zero-order valence-corrected chi connectivity index (χ0v) is 29.9. The van der Waals surface area contributed by atoms with Gasteiger partial charge in [-0.1, -0.05) is 114 Å². The van der Waals surface area contributed by atoms with Gasteiger partial charge < -0.3 is 24.1 Å². The van der Waals surface area contributed by atoms with E-state index in [4.69, 9.17) is 18.9 Å². The maximum Gasteiger partial charge on any atom is 0.182 e. The lowest BCUT2D eigenvalue weighted by Crippen LogP contribution is -2.10. The van der Waals surface area contributed by atoms with E-state index in [1.54, 1.807) is 32.4 Å². The lowest BCUT2D eigenvalue weighted by Gasteiger charge is -2.19. The predicted octanol–water partition coefficient (Wildman–Crippen LogP) is 10.2. The minimum absolute atomic E-state index is 0.0946. The van der Waals surface area contributed by atoms with Gasteiger partial charge in [0.15, 0.2) is 28.8 Å². The van der Waals surface area contributed by atoms with Crippen LogP contribution in [-0.4, -0.2) is 25.1 Å². The molecule has 6 heteroatoms. The summed E-state index contributed by atoms with van der Waals surface area (Å²) < 4.78 is 23.1. The maximum atomic E-state index is 12.6. The predicted molar refractivity (Wildman–Crippen MR) is 199 cm³/mol. The van der Waals surface area contributed by atoms with E-state index in [9.17, 15) is 9.90 Å². The lowest BCUT2D eigenvalue weighted by atomic mass is 9.87. The summed E-state index contributed by atoms with van der Waals surface area (Å²) in [4.78, 5) is 12.6. The Morgan fingerprint density at radius 3 is 1.39 bits per heavy atom. The van der Waals surface area contributed by atoms with Gasteiger partial charge in [0.25, 0.3) is 0 Å². The topological polar surface area (TPSA) is 74.2 Å². The summed E-state index contributed by atoms with van der Waals surface area (Å²) in [5.74, 6) is 1.81. The molecule has 0 saturated heterocycles. The SMILES string of the molecule is COc1cc(/C=C/C(=O)/C=C(O)/C=C/c2ccc(OCc3ccc(C(C)(C)C)cc3)c(OC)c2)ccc1OCc1ccc(C(C)(C)C)cc1. The molecule has 0 aliphatic rings. The van der Waals surface area contributed by atoms with Crippen LogP contribution in [0.1, 0.15) is 74.9 Å². The highest BCUT2D eigenvalue weighted by molar-refractivity contribution is 6.02. The Bertz CT molecular complexity index is 1800. The minimum Gasteiger partial charge on any atom is -0.508 e. The van der Waals surface area contributed by atoms with E-state index in [-0.39, 0.29) is 22.4 Å². The Morgan fingerprint density at radius 1 is 0.592 bits per heavy atom. The fraction of sp³-hybridized carbons (Fsp3) is 0.279. The number of aliphatic hydroxyl groups excluding tert-OH is 1. The highest BCUT2D eigenvalue weighted by Gasteiger charge is 2.14. The Labute approximate surface area is 291 Å². The number of carbonyl (C=O) groups is 1. The van der Waals surface area contributed by atoms with Crippen molar-refractivity contribution in [3.05, 3.63) is 142 Å². The van der Waals surface area contributed by atoms with Crippen LogP contribution in [0.2, 0.25) is 0 Å². The number of benzene rings is 4. The molecule has 0 radical (unpaired) electrons. The van der Waals surface area contributed by atoms with E-state index in [1.807, 2.05) is 30.3 Å². The maximum absolute atomic E-state index is 12.6. The number of methoxy groups -OCH3 is 2. The van der Waals surface area contributed by atoms with Crippen molar-refractivity contribution >= 4 is 17.9 Å². The first-order valence-corrected chi connectivity index (χ1v) is 16.4. The molecule has 4 aromatic carbocycles. The molecule has 0 spiro atoms. The molecule has 0 saturated carbocycles. The van der Waals surface area contributed by atoms with Gasteiger partial charge in [-0.2, -0.15) is 0 Å². The first kappa shape index (κ1) is 36.6. The van der Waals surface area contributed by atoms with Crippen LogP contribution in [-0.2, 0) is 28.8 Å². The molecule has 4 aromatic rings. The highest BCUT2D eigenvalue weighted by atomic mass is 16.5. The second-order valence-corrected chi connectivity index (χ2v) is 13.9. The largest absolute Gasteiger partial charge is 0.508 e. The molecule has 0 heterocycles. The van der Waals surface area contributed by atoms with Gasteiger partial charge in [0.2, 0.25) is 0 Å². The van der Waals surface area contributed by atoms with Crippen LogP contribution in [0.15, 0.2) is 109 Å². The quantitative estimate of drug-likeness (QED) is 0.0874. The fourth-order valence-corrected chi connectivity index (χ4v) is 4.94. The van der Waals surface area contributed by atoms with E-state index in [0.29, 0.717) is 36.2 Å². The van der Waals surface area contributed by atoms with Crippen LogP contribution in [0.4, 0.5) is 0 Å². The fourth-order valence-electron chi connectivity index (χ4n) is 4.94. The Kier molecular flexibility index (Phi) is 12.1. The Hall–Kier alpha value is -5.23. The third-order valence-electron chi connectivity index (χ3n) is 7.98. The van der Waals surface area contributed by atoms with Crippen molar-refractivity contribution in [1.82, 2.24) is 0 Å². The molecular weight excluding hydrogens is 612 g/mol. The third-order valence-corrected chi connectivity index (χ3v) is 7.98. The summed E-state index contributed by atoms with van der Waals surface area (Å²) in [6, 6.07) is 27.8. The average molecular weight is 661 g/mol. The van der Waals surface area contributed by atoms with Crippen LogP contribution in [0.5, 0.6) is 23.0 Å². The summed E-state index contributed by atoms with van der Waals surface area (Å²) in [5, 5.41) is 10.4. The molecule has 0 unspecified atom stereocenters. The van der Waals surface area contributed by atoms with Gasteiger partial charge in [-0.25, -0.2) is 0 Å². The van der Waals surface area contributed by atoms with Gasteiger partial charge in [-0.3, -0.25) is 4.79 Å². The van der Waals surface area contributed by atoms with E-state index >= 15 is 0 Å². The number of hydrogen-bond acceptors (Lipinski definition) is 6. The zero-order chi connectivity index (χ0) is 35.6. The number of ketones is 1. The van der Waals surface area contributed by atoms with Crippen molar-refractivity contribution < 1.29 is 28.8 Å². The molecule has 256 valence electrons. The summed E-state index contributed by atoms with van der Waals surface area (Å²) in [7, 11) is 3.16. The van der Waals surface area contributed by atoms with Crippen molar-refractivity contribution in [3.63, 3.8) is 0 Å². The van der Waals surface area contributed by atoms with Gasteiger partial charge in [0.1, 0.15) is 19.0 Å². The van der Waals surface area contributed by atoms with Gasteiger partial charge in [0.05, 0.1) is 14.2 Å². The summed E-state index contributed by atoms with van der Waals surface area (Å²) in [6.07, 6.45) is 7.37. The van der Waals surface area contributed by atoms with Gasteiger partial charge >= 0.3 is 0 Å². The van der Waals surface area contributed by atoms with Crippen LogP contribution in [0.25, 0.3) is 12.2 Å². The highest BCUT2D eigenvalue weighted by Crippen LogP contribution is 2.31. The standard InChI is InChI=1S/C43H48O6/c1-42(2,3)34-17-9-32(10-18-34)28-48-38-23-15-30(25-40(38)46-7)13-21-36(44)27-37(45)22-14-31-16-24-39(41(26-31)47-8)49-29-33-11-19-35(20-12-33)43(4,5)6/h9-27,44H,28-29H2,1-8H3/b21-13+,22-14+,36-27-. The monoisotopic (exact) mass is 660 g/mol. The smallest absolute Gasteiger partial charge is 0.182 e. The molecule has 0 atom stereocenters. The summed E-state index contributed by atoms with van der Waals surface area (Å²) >= 11 is 0. The molecule has 0 aliphatic carbocycles. The number of rotatable bonds is 13. The van der Waals surface area contributed by atoms with Gasteiger partial charge in [-0.15, -0.1) is 0 Å².